The minimum absolute atomic E-state index is 0.108. The largest absolute Gasteiger partial charge is 0.348 e. The van der Waals surface area contributed by atoms with Crippen LogP contribution in [0.2, 0.25) is 0 Å². The van der Waals surface area contributed by atoms with Crippen molar-refractivity contribution in [2.24, 2.45) is 0 Å². The second kappa shape index (κ2) is 9.68. The van der Waals surface area contributed by atoms with Crippen molar-refractivity contribution in [2.45, 2.75) is 13.3 Å². The van der Waals surface area contributed by atoms with Gasteiger partial charge < -0.3 is 5.32 Å². The van der Waals surface area contributed by atoms with Crippen LogP contribution in [0.3, 0.4) is 0 Å². The molecule has 3 aromatic rings. The van der Waals surface area contributed by atoms with Crippen LogP contribution in [-0.2, 0) is 11.2 Å². The lowest BCUT2D eigenvalue weighted by molar-refractivity contribution is -0.115. The fraction of sp³-hybridized carbons (Fsp3) is 0.125. The zero-order valence-electron chi connectivity index (χ0n) is 16.6. The lowest BCUT2D eigenvalue weighted by atomic mass is 10.1. The molecule has 3 rings (SSSR count). The molecule has 6 heteroatoms. The highest BCUT2D eigenvalue weighted by molar-refractivity contribution is 7.07. The smallest absolute Gasteiger partial charge is 0.273 e. The fourth-order valence-electron chi connectivity index (χ4n) is 2.91. The molecule has 1 aromatic heterocycles. The van der Waals surface area contributed by atoms with Crippen molar-refractivity contribution in [3.05, 3.63) is 97.9 Å². The topological polar surface area (TPSA) is 74.9 Å². The van der Waals surface area contributed by atoms with Crippen molar-refractivity contribution < 1.29 is 4.79 Å². The van der Waals surface area contributed by atoms with Crippen molar-refractivity contribution in [2.75, 3.05) is 6.54 Å². The van der Waals surface area contributed by atoms with E-state index in [1.54, 1.807) is 30.3 Å². The van der Waals surface area contributed by atoms with E-state index in [-0.39, 0.29) is 17.7 Å². The van der Waals surface area contributed by atoms with Crippen LogP contribution in [0.5, 0.6) is 0 Å². The van der Waals surface area contributed by atoms with E-state index >= 15 is 0 Å². The number of aryl methyl sites for hydroxylation is 1. The fourth-order valence-corrected chi connectivity index (χ4v) is 4.01. The van der Waals surface area contributed by atoms with E-state index in [1.165, 1.54) is 16.2 Å². The molecule has 0 spiro atoms. The zero-order chi connectivity index (χ0) is 21.5. The van der Waals surface area contributed by atoms with Gasteiger partial charge in [-0.2, -0.15) is 5.26 Å². The van der Waals surface area contributed by atoms with Crippen LogP contribution in [0.4, 0.5) is 0 Å². The van der Waals surface area contributed by atoms with E-state index < -0.39 is 5.91 Å². The van der Waals surface area contributed by atoms with Gasteiger partial charge in [0.1, 0.15) is 10.7 Å². The summed E-state index contributed by atoms with van der Waals surface area (Å²) in [5.74, 6) is -0.540. The van der Waals surface area contributed by atoms with Crippen molar-refractivity contribution >= 4 is 28.9 Å². The third-order valence-corrected chi connectivity index (χ3v) is 5.58. The van der Waals surface area contributed by atoms with Crippen LogP contribution in [0.15, 0.2) is 72.0 Å². The number of amides is 1. The monoisotopic (exact) mass is 415 g/mol. The Hall–Kier alpha value is -3.69. The van der Waals surface area contributed by atoms with Crippen molar-refractivity contribution in [3.63, 3.8) is 0 Å². The summed E-state index contributed by atoms with van der Waals surface area (Å²) in [7, 11) is 0. The third kappa shape index (κ3) is 4.48. The standard InChI is InChI=1S/C24H21N3O2S/c1-3-14-26-22(28)20(16-25)24-27(19-8-6-5-7-9-19)23(29)21(30-24)15-18-12-10-17(4-2)11-13-18/h3,5-13,15H,1,4,14H2,2H3,(H,26,28)/b21-15-,24-20-. The highest BCUT2D eigenvalue weighted by atomic mass is 32.1. The maximum Gasteiger partial charge on any atom is 0.273 e. The number of hydrogen-bond acceptors (Lipinski definition) is 4. The van der Waals surface area contributed by atoms with E-state index in [0.717, 1.165) is 23.3 Å². The molecule has 0 aliphatic rings. The summed E-state index contributed by atoms with van der Waals surface area (Å²) in [4.78, 5) is 25.8. The van der Waals surface area contributed by atoms with Crippen molar-refractivity contribution in [1.82, 2.24) is 9.88 Å². The number of carbonyl (C=O) groups excluding carboxylic acids is 1. The van der Waals surface area contributed by atoms with E-state index in [2.05, 4.69) is 18.8 Å². The first-order valence-electron chi connectivity index (χ1n) is 9.50. The van der Waals surface area contributed by atoms with Gasteiger partial charge in [-0.1, -0.05) is 55.5 Å². The predicted octanol–water partition coefficient (Wildman–Crippen LogP) is 2.27. The summed E-state index contributed by atoms with van der Waals surface area (Å²) in [6, 6.07) is 18.9. The maximum atomic E-state index is 13.2. The molecule has 2 aromatic carbocycles. The molecule has 0 bridgehead atoms. The highest BCUT2D eigenvalue weighted by Crippen LogP contribution is 2.07. The minimum Gasteiger partial charge on any atom is -0.348 e. The Kier molecular flexibility index (Phi) is 6.79. The molecule has 0 fully saturated rings. The van der Waals surface area contributed by atoms with E-state index in [1.807, 2.05) is 36.4 Å². The van der Waals surface area contributed by atoms with Crippen molar-refractivity contribution in [1.29, 1.82) is 5.26 Å². The van der Waals surface area contributed by atoms with Gasteiger partial charge in [-0.15, -0.1) is 17.9 Å². The number of para-hydroxylation sites is 1. The Morgan fingerprint density at radius 3 is 2.50 bits per heavy atom. The Bertz CT molecular complexity index is 1280. The number of benzene rings is 2. The van der Waals surface area contributed by atoms with E-state index in [4.69, 9.17) is 0 Å². The molecule has 0 aliphatic heterocycles. The number of thiazole rings is 1. The normalized spacial score (nSPS) is 12.2. The summed E-state index contributed by atoms with van der Waals surface area (Å²) in [5, 5.41) is 12.3. The molecule has 30 heavy (non-hydrogen) atoms. The summed E-state index contributed by atoms with van der Waals surface area (Å²) in [6.45, 7) is 5.88. The predicted molar refractivity (Wildman–Crippen MR) is 121 cm³/mol. The summed E-state index contributed by atoms with van der Waals surface area (Å²) in [6.07, 6.45) is 4.25. The van der Waals surface area contributed by atoms with Gasteiger partial charge in [0.25, 0.3) is 11.5 Å². The van der Waals surface area contributed by atoms with Crippen LogP contribution in [0.25, 0.3) is 17.3 Å². The molecule has 1 N–H and O–H groups in total. The van der Waals surface area contributed by atoms with Crippen LogP contribution in [0, 0.1) is 11.3 Å². The summed E-state index contributed by atoms with van der Waals surface area (Å²) in [5.41, 5.74) is 2.31. The second-order valence-corrected chi connectivity index (χ2v) is 7.50. The SMILES string of the molecule is C=CCNC(=O)/C(C#N)=c1\s/c(=C\c2ccc(CC)cc2)c(=O)n1-c1ccccc1. The Balaban J connectivity index is 2.30. The first-order valence-corrected chi connectivity index (χ1v) is 10.3. The Morgan fingerprint density at radius 2 is 1.90 bits per heavy atom. The lowest BCUT2D eigenvalue weighted by Gasteiger charge is -2.04. The van der Waals surface area contributed by atoms with Crippen LogP contribution < -0.4 is 20.1 Å². The number of nitrogens with zero attached hydrogens (tertiary/aromatic N) is 2. The zero-order valence-corrected chi connectivity index (χ0v) is 17.4. The van der Waals surface area contributed by atoms with Gasteiger partial charge in [0.2, 0.25) is 0 Å². The number of carbonyl (C=O) groups is 1. The molecule has 0 saturated carbocycles. The number of nitrogens with one attached hydrogen (secondary N) is 1. The van der Waals surface area contributed by atoms with Gasteiger partial charge in [-0.3, -0.25) is 14.2 Å². The number of nitriles is 1. The summed E-state index contributed by atoms with van der Waals surface area (Å²) < 4.78 is 2.16. The number of rotatable bonds is 6. The summed E-state index contributed by atoms with van der Waals surface area (Å²) >= 11 is 1.13. The molecular weight excluding hydrogens is 394 g/mol. The Labute approximate surface area is 178 Å². The molecule has 1 amide bonds. The maximum absolute atomic E-state index is 13.2. The van der Waals surface area contributed by atoms with Crippen LogP contribution >= 0.6 is 11.3 Å². The first-order chi connectivity index (χ1) is 14.6. The number of aromatic nitrogens is 1. The van der Waals surface area contributed by atoms with Gasteiger partial charge in [-0.05, 0) is 35.8 Å². The highest BCUT2D eigenvalue weighted by Gasteiger charge is 2.16. The van der Waals surface area contributed by atoms with Gasteiger partial charge >= 0.3 is 0 Å². The second-order valence-electron chi connectivity index (χ2n) is 6.47. The van der Waals surface area contributed by atoms with E-state index in [9.17, 15) is 14.9 Å². The molecule has 0 saturated heterocycles. The average molecular weight is 416 g/mol. The number of hydrogen-bond donors (Lipinski definition) is 1. The van der Waals surface area contributed by atoms with Gasteiger partial charge in [0.15, 0.2) is 5.57 Å². The Morgan fingerprint density at radius 1 is 1.20 bits per heavy atom. The molecule has 0 unspecified atom stereocenters. The minimum atomic E-state index is -0.540. The molecule has 1 heterocycles. The quantitative estimate of drug-likeness (QED) is 0.628. The molecule has 0 radical (unpaired) electrons. The molecular formula is C24H21N3O2S. The van der Waals surface area contributed by atoms with E-state index in [0.29, 0.717) is 14.9 Å². The first kappa shape index (κ1) is 21.0. The van der Waals surface area contributed by atoms with Crippen molar-refractivity contribution in [3.8, 4) is 11.8 Å². The molecule has 5 nitrogen and oxygen atoms in total. The lowest BCUT2D eigenvalue weighted by Crippen LogP contribution is -2.33. The molecule has 0 atom stereocenters. The van der Waals surface area contributed by atoms with Crippen LogP contribution in [0.1, 0.15) is 18.1 Å². The van der Waals surface area contributed by atoms with Gasteiger partial charge in [-0.25, -0.2) is 0 Å². The van der Waals surface area contributed by atoms with Gasteiger partial charge in [0, 0.05) is 6.54 Å². The average Bonchev–Trinajstić information content (AvgIpc) is 3.09. The van der Waals surface area contributed by atoms with Gasteiger partial charge in [0.05, 0.1) is 10.2 Å². The molecule has 0 aliphatic carbocycles. The third-order valence-electron chi connectivity index (χ3n) is 4.48. The van der Waals surface area contributed by atoms with Crippen LogP contribution in [-0.4, -0.2) is 17.0 Å². The molecule has 150 valence electrons.